The summed E-state index contributed by atoms with van der Waals surface area (Å²) in [5.41, 5.74) is 0.693. The van der Waals surface area contributed by atoms with Gasteiger partial charge in [-0.25, -0.2) is 0 Å². The quantitative estimate of drug-likeness (QED) is 0.892. The number of nitrogens with zero attached hydrogens (tertiary/aromatic N) is 2. The summed E-state index contributed by atoms with van der Waals surface area (Å²) in [5, 5.41) is 2.93. The molecule has 1 fully saturated rings. The van der Waals surface area contributed by atoms with Gasteiger partial charge in [-0.2, -0.15) is 0 Å². The molecular weight excluding hydrogens is 310 g/mol. The van der Waals surface area contributed by atoms with Crippen LogP contribution in [0.4, 0.5) is 5.69 Å². The number of ether oxygens (including phenoxy) is 2. The van der Waals surface area contributed by atoms with Gasteiger partial charge in [-0.05, 0) is 19.1 Å². The average molecular weight is 333 g/mol. The van der Waals surface area contributed by atoms with E-state index in [0.717, 1.165) is 0 Å². The lowest BCUT2D eigenvalue weighted by Crippen LogP contribution is -2.53. The number of rotatable bonds is 3. The minimum absolute atomic E-state index is 0.0667. The Balaban J connectivity index is 1.57. The van der Waals surface area contributed by atoms with Gasteiger partial charge in [0.1, 0.15) is 13.2 Å². The van der Waals surface area contributed by atoms with Gasteiger partial charge >= 0.3 is 0 Å². The van der Waals surface area contributed by atoms with Crippen LogP contribution in [0.25, 0.3) is 0 Å². The summed E-state index contributed by atoms with van der Waals surface area (Å²) in [6.45, 7) is 7.26. The van der Waals surface area contributed by atoms with E-state index < -0.39 is 0 Å². The number of nitrogens with one attached hydrogen (secondary N) is 1. The molecule has 2 amide bonds. The van der Waals surface area contributed by atoms with Crippen LogP contribution in [0.5, 0.6) is 11.5 Å². The molecule has 1 atom stereocenters. The molecule has 2 aliphatic rings. The number of anilines is 1. The van der Waals surface area contributed by atoms with Crippen LogP contribution in [0.1, 0.15) is 13.8 Å². The Hall–Kier alpha value is -2.28. The van der Waals surface area contributed by atoms with Gasteiger partial charge in [-0.3, -0.25) is 14.5 Å². The molecule has 0 radical (unpaired) electrons. The van der Waals surface area contributed by atoms with E-state index in [0.29, 0.717) is 56.6 Å². The monoisotopic (exact) mass is 333 g/mol. The molecule has 0 aliphatic carbocycles. The Morgan fingerprint density at radius 1 is 1.08 bits per heavy atom. The van der Waals surface area contributed by atoms with Crippen molar-refractivity contribution < 1.29 is 19.1 Å². The lowest BCUT2D eigenvalue weighted by atomic mass is 10.2. The van der Waals surface area contributed by atoms with Crippen molar-refractivity contribution in [1.29, 1.82) is 0 Å². The minimum Gasteiger partial charge on any atom is -0.486 e. The molecule has 130 valence electrons. The first-order chi connectivity index (χ1) is 11.5. The molecule has 1 aromatic rings. The zero-order chi connectivity index (χ0) is 17.1. The largest absolute Gasteiger partial charge is 0.486 e. The molecule has 3 rings (SSSR count). The summed E-state index contributed by atoms with van der Waals surface area (Å²) < 4.78 is 11.0. The van der Waals surface area contributed by atoms with Crippen LogP contribution < -0.4 is 14.8 Å². The normalized spacial score (nSPS) is 18.8. The zero-order valence-corrected chi connectivity index (χ0v) is 14.1. The smallest absolute Gasteiger partial charge is 0.241 e. The topological polar surface area (TPSA) is 71.1 Å². The van der Waals surface area contributed by atoms with Gasteiger partial charge in [0.05, 0.1) is 6.04 Å². The highest BCUT2D eigenvalue weighted by Gasteiger charge is 2.26. The summed E-state index contributed by atoms with van der Waals surface area (Å²) in [6, 6.07) is 5.14. The van der Waals surface area contributed by atoms with Gasteiger partial charge in [-0.15, -0.1) is 0 Å². The highest BCUT2D eigenvalue weighted by Crippen LogP contribution is 2.32. The lowest BCUT2D eigenvalue weighted by Gasteiger charge is -2.37. The molecule has 2 heterocycles. The molecular formula is C17H23N3O4. The van der Waals surface area contributed by atoms with Gasteiger partial charge in [0.15, 0.2) is 11.5 Å². The highest BCUT2D eigenvalue weighted by atomic mass is 16.6. The van der Waals surface area contributed by atoms with Gasteiger partial charge < -0.3 is 19.7 Å². The number of carbonyl (C=O) groups is 2. The molecule has 0 aromatic heterocycles. The summed E-state index contributed by atoms with van der Waals surface area (Å²) in [5.74, 6) is 1.38. The molecule has 1 saturated heterocycles. The van der Waals surface area contributed by atoms with E-state index in [9.17, 15) is 9.59 Å². The van der Waals surface area contributed by atoms with Crippen molar-refractivity contribution in [2.24, 2.45) is 0 Å². The van der Waals surface area contributed by atoms with E-state index in [4.69, 9.17) is 9.47 Å². The second-order valence-electron chi connectivity index (χ2n) is 6.07. The summed E-state index contributed by atoms with van der Waals surface area (Å²) in [7, 11) is 0. The Bertz CT molecular complexity index is 626. The molecule has 7 heteroatoms. The number of benzene rings is 1. The number of carbonyl (C=O) groups excluding carboxylic acids is 2. The van der Waals surface area contributed by atoms with Crippen LogP contribution in [-0.2, 0) is 9.59 Å². The molecule has 1 N–H and O–H groups in total. The standard InChI is InChI=1S/C17H23N3O4/c1-12(19-5-7-20(8-6-19)13(2)21)17(22)18-14-3-4-15-16(11-14)24-10-9-23-15/h3-4,11-12H,5-10H2,1-2H3,(H,18,22)/t12-/m0/s1. The van der Waals surface area contributed by atoms with Crippen LogP contribution in [0.3, 0.4) is 0 Å². The fourth-order valence-corrected chi connectivity index (χ4v) is 2.96. The predicted molar refractivity (Wildman–Crippen MR) is 89.4 cm³/mol. The maximum absolute atomic E-state index is 12.5. The number of hydrogen-bond donors (Lipinski definition) is 1. The highest BCUT2D eigenvalue weighted by molar-refractivity contribution is 5.94. The van der Waals surface area contributed by atoms with E-state index in [1.54, 1.807) is 19.1 Å². The van der Waals surface area contributed by atoms with Crippen molar-refractivity contribution in [2.45, 2.75) is 19.9 Å². The molecule has 0 unspecified atom stereocenters. The van der Waals surface area contributed by atoms with Crippen molar-refractivity contribution in [3.63, 3.8) is 0 Å². The SMILES string of the molecule is CC(=O)N1CCN([C@@H](C)C(=O)Nc2ccc3c(c2)OCCO3)CC1. The van der Waals surface area contributed by atoms with Gasteiger partial charge in [0.25, 0.3) is 0 Å². The Kier molecular flexibility index (Phi) is 4.89. The molecule has 1 aromatic carbocycles. The third-order valence-corrected chi connectivity index (χ3v) is 4.50. The molecule has 0 bridgehead atoms. The second kappa shape index (κ2) is 7.09. The van der Waals surface area contributed by atoms with E-state index >= 15 is 0 Å². The fraction of sp³-hybridized carbons (Fsp3) is 0.529. The van der Waals surface area contributed by atoms with E-state index in [2.05, 4.69) is 10.2 Å². The molecule has 2 aliphatic heterocycles. The summed E-state index contributed by atoms with van der Waals surface area (Å²) in [6.07, 6.45) is 0. The third-order valence-electron chi connectivity index (χ3n) is 4.50. The van der Waals surface area contributed by atoms with E-state index in [-0.39, 0.29) is 17.9 Å². The van der Waals surface area contributed by atoms with Crippen molar-refractivity contribution in [3.8, 4) is 11.5 Å². The first-order valence-electron chi connectivity index (χ1n) is 8.24. The van der Waals surface area contributed by atoms with Crippen LogP contribution in [0.15, 0.2) is 18.2 Å². The molecule has 0 saturated carbocycles. The van der Waals surface area contributed by atoms with Gasteiger partial charge in [0.2, 0.25) is 11.8 Å². The number of hydrogen-bond acceptors (Lipinski definition) is 5. The number of fused-ring (bicyclic) bond motifs is 1. The van der Waals surface area contributed by atoms with Crippen LogP contribution >= 0.6 is 0 Å². The van der Waals surface area contributed by atoms with Crippen LogP contribution in [0, 0.1) is 0 Å². The first-order valence-corrected chi connectivity index (χ1v) is 8.24. The Labute approximate surface area is 141 Å². The summed E-state index contributed by atoms with van der Waals surface area (Å²) >= 11 is 0. The fourth-order valence-electron chi connectivity index (χ4n) is 2.96. The minimum atomic E-state index is -0.257. The maximum Gasteiger partial charge on any atom is 0.241 e. The van der Waals surface area contributed by atoms with Crippen molar-refractivity contribution >= 4 is 17.5 Å². The van der Waals surface area contributed by atoms with Crippen molar-refractivity contribution in [2.75, 3.05) is 44.7 Å². The van der Waals surface area contributed by atoms with E-state index in [1.807, 2.05) is 17.9 Å². The molecule has 7 nitrogen and oxygen atoms in total. The predicted octanol–water partition coefficient (Wildman–Crippen LogP) is 0.949. The van der Waals surface area contributed by atoms with Crippen molar-refractivity contribution in [3.05, 3.63) is 18.2 Å². The molecule has 24 heavy (non-hydrogen) atoms. The lowest BCUT2D eigenvalue weighted by molar-refractivity contribution is -0.131. The van der Waals surface area contributed by atoms with E-state index in [1.165, 1.54) is 0 Å². The number of piperazine rings is 1. The Morgan fingerprint density at radius 3 is 2.42 bits per heavy atom. The van der Waals surface area contributed by atoms with Crippen molar-refractivity contribution in [1.82, 2.24) is 9.80 Å². The average Bonchev–Trinajstić information content (AvgIpc) is 2.61. The van der Waals surface area contributed by atoms with Gasteiger partial charge in [-0.1, -0.05) is 0 Å². The molecule has 0 spiro atoms. The maximum atomic E-state index is 12.5. The second-order valence-corrected chi connectivity index (χ2v) is 6.07. The Morgan fingerprint density at radius 2 is 1.75 bits per heavy atom. The first kappa shape index (κ1) is 16.6. The van der Waals surface area contributed by atoms with Gasteiger partial charge in [0, 0.05) is 44.9 Å². The van der Waals surface area contributed by atoms with Crippen LogP contribution in [-0.4, -0.2) is 67.0 Å². The number of amides is 2. The third kappa shape index (κ3) is 3.62. The van der Waals surface area contributed by atoms with Crippen LogP contribution in [0.2, 0.25) is 0 Å². The summed E-state index contributed by atoms with van der Waals surface area (Å²) in [4.78, 5) is 27.8. The zero-order valence-electron chi connectivity index (χ0n) is 14.1.